The Bertz CT molecular complexity index is 1040. The number of hydrogen-bond acceptors (Lipinski definition) is 5. The van der Waals surface area contributed by atoms with E-state index < -0.39 is 5.92 Å². The van der Waals surface area contributed by atoms with E-state index in [1.807, 2.05) is 37.3 Å². The van der Waals surface area contributed by atoms with Crippen LogP contribution in [0.1, 0.15) is 22.9 Å². The number of nitrogens with zero attached hydrogens (tertiary/aromatic N) is 2. The van der Waals surface area contributed by atoms with Gasteiger partial charge in [-0.15, -0.1) is 5.10 Å². The van der Waals surface area contributed by atoms with Crippen LogP contribution in [0.2, 0.25) is 5.02 Å². The van der Waals surface area contributed by atoms with E-state index in [1.165, 1.54) is 0 Å². The number of H-pyrrole nitrogens is 1. The van der Waals surface area contributed by atoms with Gasteiger partial charge in [0.2, 0.25) is 11.8 Å². The van der Waals surface area contributed by atoms with Crippen molar-refractivity contribution < 1.29 is 9.15 Å². The minimum atomic E-state index is -0.483. The van der Waals surface area contributed by atoms with E-state index in [2.05, 4.69) is 16.3 Å². The normalized spacial score (nSPS) is 16.3. The van der Waals surface area contributed by atoms with Crippen LogP contribution in [0.15, 0.2) is 52.3 Å². The van der Waals surface area contributed by atoms with Gasteiger partial charge in [-0.1, -0.05) is 23.7 Å². The van der Waals surface area contributed by atoms with Gasteiger partial charge < -0.3 is 14.9 Å². The number of fused-ring (bicyclic) bond motifs is 1. The first-order chi connectivity index (χ1) is 12.1. The molecule has 7 heteroatoms. The first-order valence-electron chi connectivity index (χ1n) is 7.57. The Kier molecular flexibility index (Phi) is 3.52. The second-order valence-electron chi connectivity index (χ2n) is 5.67. The number of allylic oxidation sites excluding steroid dienone is 1. The Hall–Kier alpha value is -3.17. The van der Waals surface area contributed by atoms with Crippen molar-refractivity contribution in [3.05, 3.63) is 69.9 Å². The lowest BCUT2D eigenvalue weighted by molar-refractivity contribution is 0.371. The molecule has 1 aromatic carbocycles. The molecule has 0 aliphatic carbocycles. The number of aromatic nitrogens is 2. The molecule has 1 unspecified atom stereocenters. The van der Waals surface area contributed by atoms with Crippen LogP contribution < -0.4 is 10.5 Å². The largest absolute Gasteiger partial charge is 0.460 e. The van der Waals surface area contributed by atoms with E-state index in [9.17, 15) is 5.26 Å². The number of furan rings is 1. The van der Waals surface area contributed by atoms with E-state index in [1.54, 1.807) is 6.07 Å². The third-order valence-corrected chi connectivity index (χ3v) is 4.51. The fourth-order valence-corrected chi connectivity index (χ4v) is 3.23. The van der Waals surface area contributed by atoms with Crippen molar-refractivity contribution in [3.8, 4) is 23.3 Å². The molecule has 3 heterocycles. The number of hydrogen-bond donors (Lipinski definition) is 2. The molecule has 124 valence electrons. The molecule has 1 aliphatic rings. The van der Waals surface area contributed by atoms with E-state index >= 15 is 0 Å². The smallest absolute Gasteiger partial charge is 0.244 e. The summed E-state index contributed by atoms with van der Waals surface area (Å²) in [5.41, 5.74) is 8.50. The summed E-state index contributed by atoms with van der Waals surface area (Å²) in [5.74, 6) is 1.09. The Morgan fingerprint density at radius 2 is 2.08 bits per heavy atom. The molecule has 0 saturated heterocycles. The fourth-order valence-electron chi connectivity index (χ4n) is 3.00. The average molecular weight is 353 g/mol. The quantitative estimate of drug-likeness (QED) is 0.729. The molecule has 0 bridgehead atoms. The highest BCUT2D eigenvalue weighted by Crippen LogP contribution is 2.44. The number of aromatic amines is 1. The third-order valence-electron chi connectivity index (χ3n) is 4.18. The minimum Gasteiger partial charge on any atom is -0.460 e. The van der Waals surface area contributed by atoms with E-state index in [0.717, 1.165) is 16.8 Å². The number of ether oxygens (including phenoxy) is 1. The van der Waals surface area contributed by atoms with Crippen LogP contribution >= 0.6 is 11.6 Å². The van der Waals surface area contributed by atoms with Crippen LogP contribution in [-0.2, 0) is 0 Å². The maximum Gasteiger partial charge on any atom is 0.244 e. The van der Waals surface area contributed by atoms with Crippen LogP contribution in [0.4, 0.5) is 0 Å². The number of nitriles is 1. The van der Waals surface area contributed by atoms with Crippen molar-refractivity contribution in [1.82, 2.24) is 10.2 Å². The maximum atomic E-state index is 9.55. The van der Waals surface area contributed by atoms with Gasteiger partial charge in [0, 0.05) is 11.3 Å². The molecule has 2 aromatic heterocycles. The van der Waals surface area contributed by atoms with Crippen molar-refractivity contribution in [3.63, 3.8) is 0 Å². The SMILES string of the molecule is Cc1[nH]nc2c1C(c1ccc(-c3ccccc3Cl)o1)C(C#N)=C(N)O2. The van der Waals surface area contributed by atoms with Crippen LogP contribution in [0.5, 0.6) is 5.88 Å². The summed E-state index contributed by atoms with van der Waals surface area (Å²) < 4.78 is 11.5. The van der Waals surface area contributed by atoms with E-state index in [-0.39, 0.29) is 11.5 Å². The van der Waals surface area contributed by atoms with Crippen molar-refractivity contribution >= 4 is 11.6 Å². The first-order valence-corrected chi connectivity index (χ1v) is 7.95. The second kappa shape index (κ2) is 5.72. The zero-order valence-corrected chi connectivity index (χ0v) is 14.0. The predicted molar refractivity (Wildman–Crippen MR) is 91.8 cm³/mol. The monoisotopic (exact) mass is 352 g/mol. The Morgan fingerprint density at radius 3 is 2.84 bits per heavy atom. The van der Waals surface area contributed by atoms with Crippen LogP contribution in [0.3, 0.4) is 0 Å². The van der Waals surface area contributed by atoms with Gasteiger partial charge in [-0.25, -0.2) is 0 Å². The number of halogens is 1. The molecule has 0 spiro atoms. The molecule has 3 N–H and O–H groups in total. The topological polar surface area (TPSA) is 101 Å². The molecule has 0 fully saturated rings. The number of aryl methyl sites for hydroxylation is 1. The van der Waals surface area contributed by atoms with Gasteiger partial charge in [-0.3, -0.25) is 5.10 Å². The molecule has 0 saturated carbocycles. The summed E-state index contributed by atoms with van der Waals surface area (Å²) >= 11 is 6.25. The predicted octanol–water partition coefficient (Wildman–Crippen LogP) is 3.85. The Labute approximate surface area is 148 Å². The van der Waals surface area contributed by atoms with Crippen molar-refractivity contribution in [2.24, 2.45) is 5.73 Å². The average Bonchev–Trinajstić information content (AvgIpc) is 3.22. The van der Waals surface area contributed by atoms with Gasteiger partial charge in [0.15, 0.2) is 0 Å². The minimum absolute atomic E-state index is 0.0298. The molecule has 0 radical (unpaired) electrons. The lowest BCUT2D eigenvalue weighted by atomic mass is 9.88. The zero-order chi connectivity index (χ0) is 17.6. The third kappa shape index (κ3) is 2.37. The highest BCUT2D eigenvalue weighted by molar-refractivity contribution is 6.33. The number of nitrogens with one attached hydrogen (secondary N) is 1. The van der Waals surface area contributed by atoms with Crippen molar-refractivity contribution in [2.75, 3.05) is 0 Å². The van der Waals surface area contributed by atoms with Gasteiger partial charge in [-0.2, -0.15) is 5.26 Å². The van der Waals surface area contributed by atoms with Gasteiger partial charge in [0.1, 0.15) is 23.2 Å². The van der Waals surface area contributed by atoms with Crippen LogP contribution in [-0.4, -0.2) is 10.2 Å². The summed E-state index contributed by atoms with van der Waals surface area (Å²) in [6.45, 7) is 1.86. The Morgan fingerprint density at radius 1 is 1.28 bits per heavy atom. The van der Waals surface area contributed by atoms with Crippen LogP contribution in [0.25, 0.3) is 11.3 Å². The molecular weight excluding hydrogens is 340 g/mol. The number of rotatable bonds is 2. The maximum absolute atomic E-state index is 9.55. The molecule has 6 nitrogen and oxygen atoms in total. The fraction of sp³-hybridized carbons (Fsp3) is 0.111. The molecule has 3 aromatic rings. The lowest BCUT2D eigenvalue weighted by Gasteiger charge is -2.21. The van der Waals surface area contributed by atoms with Gasteiger partial charge in [0.25, 0.3) is 0 Å². The summed E-state index contributed by atoms with van der Waals surface area (Å²) in [7, 11) is 0. The summed E-state index contributed by atoms with van der Waals surface area (Å²) in [6, 6.07) is 13.2. The van der Waals surface area contributed by atoms with Gasteiger partial charge in [0.05, 0.1) is 16.5 Å². The van der Waals surface area contributed by atoms with Crippen LogP contribution in [0, 0.1) is 18.3 Å². The summed E-state index contributed by atoms with van der Waals surface area (Å²) in [4.78, 5) is 0. The van der Waals surface area contributed by atoms with Gasteiger partial charge >= 0.3 is 0 Å². The molecule has 4 rings (SSSR count). The molecular formula is C18H13ClN4O2. The second-order valence-corrected chi connectivity index (χ2v) is 6.08. The lowest BCUT2D eigenvalue weighted by Crippen LogP contribution is -2.20. The standard InChI is InChI=1S/C18H13ClN4O2/c1-9-15-16(11(8-20)17(21)25-18(15)23-22-9)14-7-6-13(24-14)10-4-2-3-5-12(10)19/h2-7,16H,21H2,1H3,(H,22,23). The van der Waals surface area contributed by atoms with E-state index in [4.69, 9.17) is 26.5 Å². The van der Waals surface area contributed by atoms with Gasteiger partial charge in [-0.05, 0) is 31.2 Å². The molecule has 0 amide bonds. The molecule has 25 heavy (non-hydrogen) atoms. The van der Waals surface area contributed by atoms with Crippen molar-refractivity contribution in [1.29, 1.82) is 5.26 Å². The number of nitrogens with two attached hydrogens (primary N) is 1. The number of benzene rings is 1. The summed E-state index contributed by atoms with van der Waals surface area (Å²) in [6.07, 6.45) is 0. The zero-order valence-electron chi connectivity index (χ0n) is 13.2. The Balaban J connectivity index is 1.86. The first kappa shape index (κ1) is 15.4. The highest BCUT2D eigenvalue weighted by atomic mass is 35.5. The molecule has 1 aliphatic heterocycles. The molecule has 1 atom stereocenters. The van der Waals surface area contributed by atoms with E-state index in [0.29, 0.717) is 22.4 Å². The highest BCUT2D eigenvalue weighted by Gasteiger charge is 2.36. The van der Waals surface area contributed by atoms with Crippen molar-refractivity contribution in [2.45, 2.75) is 12.8 Å². The summed E-state index contributed by atoms with van der Waals surface area (Å²) in [5, 5.41) is 17.1.